The van der Waals surface area contributed by atoms with Crippen molar-refractivity contribution < 1.29 is 9.90 Å². The smallest absolute Gasteiger partial charge is 0.169 e. The van der Waals surface area contributed by atoms with Crippen LogP contribution in [-0.4, -0.2) is 17.1 Å². The van der Waals surface area contributed by atoms with Gasteiger partial charge in [-0.3, -0.25) is 9.79 Å². The highest BCUT2D eigenvalue weighted by Crippen LogP contribution is 2.36. The Bertz CT molecular complexity index is 641. The zero-order chi connectivity index (χ0) is 16.3. The van der Waals surface area contributed by atoms with Crippen LogP contribution in [0.1, 0.15) is 56.2 Å². The molecular weight excluding hydrogens is 294 g/mol. The molecule has 4 heteroatoms. The quantitative estimate of drug-likeness (QED) is 0.809. The predicted octanol–water partition coefficient (Wildman–Crippen LogP) is 4.84. The number of aromatic hydroxyl groups is 1. The molecule has 1 N–H and O–H groups in total. The lowest BCUT2D eigenvalue weighted by molar-refractivity contribution is -0.102. The van der Waals surface area contributed by atoms with Gasteiger partial charge in [0, 0.05) is 11.1 Å². The molecular formula is C18H21NO2S. The van der Waals surface area contributed by atoms with Gasteiger partial charge in [0.05, 0.1) is 0 Å². The second-order valence-electron chi connectivity index (χ2n) is 5.90. The van der Waals surface area contributed by atoms with Gasteiger partial charge in [0.25, 0.3) is 0 Å². The van der Waals surface area contributed by atoms with Gasteiger partial charge in [-0.2, -0.15) is 0 Å². The van der Waals surface area contributed by atoms with E-state index in [0.717, 1.165) is 27.9 Å². The molecule has 0 bridgehead atoms. The van der Waals surface area contributed by atoms with E-state index in [-0.39, 0.29) is 11.8 Å². The van der Waals surface area contributed by atoms with Crippen molar-refractivity contribution in [2.75, 3.05) is 0 Å². The van der Waals surface area contributed by atoms with Crippen molar-refractivity contribution in [3.8, 4) is 5.75 Å². The Hall–Kier alpha value is -1.81. The molecule has 0 amide bonds. The lowest BCUT2D eigenvalue weighted by atomic mass is 9.91. The Morgan fingerprint density at radius 2 is 1.73 bits per heavy atom. The average molecular weight is 315 g/mol. The van der Waals surface area contributed by atoms with Gasteiger partial charge >= 0.3 is 0 Å². The van der Waals surface area contributed by atoms with Crippen molar-refractivity contribution >= 4 is 29.8 Å². The summed E-state index contributed by atoms with van der Waals surface area (Å²) < 4.78 is 0. The minimum atomic E-state index is 0.231. The largest absolute Gasteiger partial charge is 0.507 e. The molecule has 0 unspecified atom stereocenters. The molecule has 2 rings (SSSR count). The molecule has 0 fully saturated rings. The number of carbonyl (C=O) groups is 1. The minimum absolute atomic E-state index is 0.231. The normalized spacial score (nSPS) is 16.5. The van der Waals surface area contributed by atoms with Crippen LogP contribution in [0.15, 0.2) is 33.6 Å². The molecule has 1 aromatic carbocycles. The molecule has 1 aliphatic rings. The minimum Gasteiger partial charge on any atom is -0.507 e. The standard InChI is InChI=1S/C18H21NO2S/c1-11(2)14-7-13(8-15(12(3)4)18(14)21)9-17-16(10-20)19-5-6-22-17/h5-12,21H,1-4H3. The van der Waals surface area contributed by atoms with E-state index in [2.05, 4.69) is 32.7 Å². The highest BCUT2D eigenvalue weighted by atomic mass is 32.2. The number of rotatable bonds is 4. The van der Waals surface area contributed by atoms with Crippen molar-refractivity contribution in [3.05, 3.63) is 45.3 Å². The molecule has 0 saturated heterocycles. The maximum atomic E-state index is 11.1. The number of phenolic OH excluding ortho intramolecular Hbond substituents is 1. The van der Waals surface area contributed by atoms with Gasteiger partial charge in [0.15, 0.2) is 6.29 Å². The van der Waals surface area contributed by atoms with Crippen LogP contribution in [0.5, 0.6) is 5.75 Å². The summed E-state index contributed by atoms with van der Waals surface area (Å²) in [6.45, 7) is 8.25. The van der Waals surface area contributed by atoms with E-state index in [1.807, 2.05) is 23.6 Å². The van der Waals surface area contributed by atoms with Gasteiger partial charge in [-0.25, -0.2) is 0 Å². The summed E-state index contributed by atoms with van der Waals surface area (Å²) in [6, 6.07) is 3.97. The summed E-state index contributed by atoms with van der Waals surface area (Å²) in [5.41, 5.74) is 3.29. The molecule has 1 aromatic rings. The fourth-order valence-electron chi connectivity index (χ4n) is 2.35. The summed E-state index contributed by atoms with van der Waals surface area (Å²) >= 11 is 1.48. The van der Waals surface area contributed by atoms with Crippen molar-refractivity contribution in [1.82, 2.24) is 0 Å². The van der Waals surface area contributed by atoms with Crippen LogP contribution >= 0.6 is 11.8 Å². The first-order valence-electron chi connectivity index (χ1n) is 7.37. The van der Waals surface area contributed by atoms with Gasteiger partial charge in [0.2, 0.25) is 0 Å². The predicted molar refractivity (Wildman–Crippen MR) is 94.5 cm³/mol. The third-order valence-corrected chi connectivity index (χ3v) is 4.41. The molecule has 0 radical (unpaired) electrons. The highest BCUT2D eigenvalue weighted by molar-refractivity contribution is 8.07. The number of phenols is 1. The van der Waals surface area contributed by atoms with Crippen LogP contribution in [0.25, 0.3) is 6.08 Å². The summed E-state index contributed by atoms with van der Waals surface area (Å²) in [6.07, 6.45) is 4.36. The lowest BCUT2D eigenvalue weighted by Gasteiger charge is -2.17. The fraction of sp³-hybridized carbons (Fsp3) is 0.333. The first kappa shape index (κ1) is 16.6. The lowest BCUT2D eigenvalue weighted by Crippen LogP contribution is -2.03. The summed E-state index contributed by atoms with van der Waals surface area (Å²) in [4.78, 5) is 16.0. The van der Waals surface area contributed by atoms with Gasteiger partial charge in [0.1, 0.15) is 11.5 Å². The average Bonchev–Trinajstić information content (AvgIpc) is 2.48. The molecule has 0 saturated carbocycles. The molecule has 0 aromatic heterocycles. The van der Waals surface area contributed by atoms with Crippen molar-refractivity contribution in [2.24, 2.45) is 4.99 Å². The molecule has 3 nitrogen and oxygen atoms in total. The van der Waals surface area contributed by atoms with Crippen LogP contribution < -0.4 is 0 Å². The fourth-order valence-corrected chi connectivity index (χ4v) is 3.05. The summed E-state index contributed by atoms with van der Waals surface area (Å²) in [5, 5.41) is 12.3. The maximum absolute atomic E-state index is 11.1. The molecule has 1 aliphatic heterocycles. The van der Waals surface area contributed by atoms with Crippen molar-refractivity contribution in [2.45, 2.75) is 39.5 Å². The zero-order valence-corrected chi connectivity index (χ0v) is 14.1. The number of hydrogen-bond donors (Lipinski definition) is 1. The number of aldehydes is 1. The number of thioether (sulfide) groups is 1. The second kappa shape index (κ2) is 6.97. The molecule has 0 aliphatic carbocycles. The first-order valence-corrected chi connectivity index (χ1v) is 8.25. The van der Waals surface area contributed by atoms with E-state index in [4.69, 9.17) is 0 Å². The van der Waals surface area contributed by atoms with Crippen LogP contribution in [0.4, 0.5) is 0 Å². The Kier molecular flexibility index (Phi) is 5.24. The summed E-state index contributed by atoms with van der Waals surface area (Å²) in [5.74, 6) is 0.843. The van der Waals surface area contributed by atoms with Gasteiger partial charge in [-0.1, -0.05) is 39.5 Å². The van der Waals surface area contributed by atoms with Crippen LogP contribution in [0.3, 0.4) is 0 Å². The van der Waals surface area contributed by atoms with Gasteiger partial charge < -0.3 is 5.11 Å². The number of allylic oxidation sites excluding steroid dienone is 1. The first-order chi connectivity index (χ1) is 10.4. The molecule has 116 valence electrons. The van der Waals surface area contributed by atoms with E-state index >= 15 is 0 Å². The Balaban J connectivity index is 2.54. The third kappa shape index (κ3) is 3.50. The van der Waals surface area contributed by atoms with E-state index in [1.54, 1.807) is 6.20 Å². The molecule has 1 heterocycles. The third-order valence-electron chi connectivity index (χ3n) is 3.57. The number of nitrogens with zero attached hydrogens (tertiary/aromatic N) is 1. The summed E-state index contributed by atoms with van der Waals surface area (Å²) in [7, 11) is 0. The van der Waals surface area contributed by atoms with E-state index < -0.39 is 0 Å². The SMILES string of the molecule is CC(C)c1cc(C=C2SC=CN=C2C=O)cc(C(C)C)c1O. The van der Waals surface area contributed by atoms with Crippen molar-refractivity contribution in [3.63, 3.8) is 0 Å². The monoisotopic (exact) mass is 315 g/mol. The second-order valence-corrected chi connectivity index (χ2v) is 6.85. The van der Waals surface area contributed by atoms with E-state index in [9.17, 15) is 9.90 Å². The van der Waals surface area contributed by atoms with Crippen LogP contribution in [0.2, 0.25) is 0 Å². The Labute approximate surface area is 135 Å². The number of carbonyl (C=O) groups excluding carboxylic acids is 1. The Morgan fingerprint density at radius 3 is 2.23 bits per heavy atom. The molecule has 0 atom stereocenters. The maximum Gasteiger partial charge on any atom is 0.169 e. The molecule has 22 heavy (non-hydrogen) atoms. The van der Waals surface area contributed by atoms with Gasteiger partial charge in [-0.15, -0.1) is 0 Å². The Morgan fingerprint density at radius 1 is 1.14 bits per heavy atom. The van der Waals surface area contributed by atoms with Crippen LogP contribution in [0, 0.1) is 0 Å². The van der Waals surface area contributed by atoms with Crippen molar-refractivity contribution in [1.29, 1.82) is 0 Å². The zero-order valence-electron chi connectivity index (χ0n) is 13.3. The van der Waals surface area contributed by atoms with Gasteiger partial charge in [-0.05, 0) is 52.1 Å². The van der Waals surface area contributed by atoms with E-state index in [1.165, 1.54) is 11.8 Å². The number of hydrogen-bond acceptors (Lipinski definition) is 4. The van der Waals surface area contributed by atoms with Crippen LogP contribution in [-0.2, 0) is 4.79 Å². The highest BCUT2D eigenvalue weighted by Gasteiger charge is 2.16. The number of benzene rings is 1. The molecule has 0 spiro atoms. The van der Waals surface area contributed by atoms with E-state index in [0.29, 0.717) is 11.5 Å². The number of aliphatic imine (C=N–C) groups is 1. The topological polar surface area (TPSA) is 49.7 Å².